The summed E-state index contributed by atoms with van der Waals surface area (Å²) in [5, 5.41) is 3.21. The van der Waals surface area contributed by atoms with Crippen LogP contribution >= 0.6 is 15.9 Å². The average molecular weight is 325 g/mol. The molecule has 0 radical (unpaired) electrons. The molecule has 1 heterocycles. The average Bonchev–Trinajstić information content (AvgIpc) is 2.66. The number of rotatable bonds is 4. The SMILES string of the molecule is CCC1CCCCCN1c1ccc(CNC)c(Br)c1. The van der Waals surface area contributed by atoms with Crippen molar-refractivity contribution in [2.24, 2.45) is 0 Å². The van der Waals surface area contributed by atoms with E-state index in [1.165, 1.54) is 54.4 Å². The minimum atomic E-state index is 0.713. The van der Waals surface area contributed by atoms with Crippen molar-refractivity contribution in [1.82, 2.24) is 5.32 Å². The molecule has 19 heavy (non-hydrogen) atoms. The van der Waals surface area contributed by atoms with E-state index in [1.54, 1.807) is 0 Å². The Hall–Kier alpha value is -0.540. The first-order valence-electron chi connectivity index (χ1n) is 7.46. The van der Waals surface area contributed by atoms with E-state index in [0.29, 0.717) is 6.04 Å². The van der Waals surface area contributed by atoms with Gasteiger partial charge in [0.05, 0.1) is 0 Å². The quantitative estimate of drug-likeness (QED) is 0.886. The van der Waals surface area contributed by atoms with Gasteiger partial charge in [0.1, 0.15) is 0 Å². The molecule has 0 amide bonds. The van der Waals surface area contributed by atoms with Crippen LogP contribution in [0.2, 0.25) is 0 Å². The molecule has 1 aromatic rings. The van der Waals surface area contributed by atoms with Crippen LogP contribution in [-0.4, -0.2) is 19.6 Å². The number of benzene rings is 1. The van der Waals surface area contributed by atoms with Crippen LogP contribution in [0.1, 0.15) is 44.6 Å². The maximum Gasteiger partial charge on any atom is 0.0380 e. The van der Waals surface area contributed by atoms with E-state index in [0.717, 1.165) is 6.54 Å². The van der Waals surface area contributed by atoms with Crippen LogP contribution in [0.3, 0.4) is 0 Å². The van der Waals surface area contributed by atoms with Gasteiger partial charge in [-0.05, 0) is 44.0 Å². The van der Waals surface area contributed by atoms with Crippen molar-refractivity contribution in [2.45, 2.75) is 51.6 Å². The first-order valence-corrected chi connectivity index (χ1v) is 8.25. The molecule has 1 fully saturated rings. The van der Waals surface area contributed by atoms with Crippen molar-refractivity contribution < 1.29 is 0 Å². The van der Waals surface area contributed by atoms with Gasteiger partial charge in [0.2, 0.25) is 0 Å². The minimum Gasteiger partial charge on any atom is -0.369 e. The summed E-state index contributed by atoms with van der Waals surface area (Å²) in [6.07, 6.45) is 6.68. The van der Waals surface area contributed by atoms with Gasteiger partial charge in [-0.25, -0.2) is 0 Å². The van der Waals surface area contributed by atoms with E-state index in [2.05, 4.69) is 51.3 Å². The molecule has 1 aromatic carbocycles. The third-order valence-corrected chi connectivity index (χ3v) is 4.82. The second-order valence-corrected chi connectivity index (χ2v) is 6.27. The summed E-state index contributed by atoms with van der Waals surface area (Å²) in [6.45, 7) is 4.43. The van der Waals surface area contributed by atoms with Crippen molar-refractivity contribution in [2.75, 3.05) is 18.5 Å². The van der Waals surface area contributed by atoms with E-state index < -0.39 is 0 Å². The highest BCUT2D eigenvalue weighted by atomic mass is 79.9. The zero-order valence-electron chi connectivity index (χ0n) is 12.1. The van der Waals surface area contributed by atoms with Crippen LogP contribution in [0, 0.1) is 0 Å². The summed E-state index contributed by atoms with van der Waals surface area (Å²) >= 11 is 3.71. The Morgan fingerprint density at radius 3 is 2.84 bits per heavy atom. The molecule has 0 bridgehead atoms. The van der Waals surface area contributed by atoms with Crippen molar-refractivity contribution in [3.05, 3.63) is 28.2 Å². The van der Waals surface area contributed by atoms with Gasteiger partial charge in [-0.15, -0.1) is 0 Å². The van der Waals surface area contributed by atoms with Gasteiger partial charge in [0.25, 0.3) is 0 Å². The predicted molar refractivity (Wildman–Crippen MR) is 86.8 cm³/mol. The maximum absolute atomic E-state index is 3.71. The van der Waals surface area contributed by atoms with Crippen molar-refractivity contribution in [3.63, 3.8) is 0 Å². The highest BCUT2D eigenvalue weighted by Gasteiger charge is 2.20. The fraction of sp³-hybridized carbons (Fsp3) is 0.625. The van der Waals surface area contributed by atoms with Crippen molar-refractivity contribution in [1.29, 1.82) is 0 Å². The van der Waals surface area contributed by atoms with Gasteiger partial charge in [-0.2, -0.15) is 0 Å². The topological polar surface area (TPSA) is 15.3 Å². The number of anilines is 1. The Labute approximate surface area is 125 Å². The Morgan fingerprint density at radius 2 is 2.16 bits per heavy atom. The van der Waals surface area contributed by atoms with Gasteiger partial charge in [0, 0.05) is 29.3 Å². The van der Waals surface area contributed by atoms with Gasteiger partial charge < -0.3 is 10.2 Å². The van der Waals surface area contributed by atoms with E-state index in [9.17, 15) is 0 Å². The number of nitrogens with one attached hydrogen (secondary N) is 1. The molecule has 1 unspecified atom stereocenters. The van der Waals surface area contributed by atoms with Crippen LogP contribution in [0.25, 0.3) is 0 Å². The number of hydrogen-bond donors (Lipinski definition) is 1. The van der Waals surface area contributed by atoms with E-state index >= 15 is 0 Å². The molecule has 1 aliphatic heterocycles. The molecular formula is C16H25BrN2. The Balaban J connectivity index is 2.21. The second kappa shape index (κ2) is 7.30. The smallest absolute Gasteiger partial charge is 0.0380 e. The molecule has 3 heteroatoms. The molecule has 1 atom stereocenters. The molecule has 2 rings (SSSR count). The number of hydrogen-bond acceptors (Lipinski definition) is 2. The summed E-state index contributed by atoms with van der Waals surface area (Å²) in [4.78, 5) is 2.61. The third-order valence-electron chi connectivity index (χ3n) is 4.08. The summed E-state index contributed by atoms with van der Waals surface area (Å²) in [5.74, 6) is 0. The highest BCUT2D eigenvalue weighted by Crippen LogP contribution is 2.29. The predicted octanol–water partition coefficient (Wildman–Crippen LogP) is 4.33. The van der Waals surface area contributed by atoms with Gasteiger partial charge in [-0.1, -0.05) is 41.8 Å². The summed E-state index contributed by atoms with van der Waals surface area (Å²) in [7, 11) is 1.99. The second-order valence-electron chi connectivity index (χ2n) is 5.41. The monoisotopic (exact) mass is 324 g/mol. The summed E-state index contributed by atoms with van der Waals surface area (Å²) < 4.78 is 1.22. The number of nitrogens with zero attached hydrogens (tertiary/aromatic N) is 1. The van der Waals surface area contributed by atoms with Gasteiger partial charge in [-0.3, -0.25) is 0 Å². The molecule has 0 spiro atoms. The molecule has 0 aliphatic carbocycles. The molecule has 0 saturated carbocycles. The molecule has 2 nitrogen and oxygen atoms in total. The first-order chi connectivity index (χ1) is 9.26. The highest BCUT2D eigenvalue weighted by molar-refractivity contribution is 9.10. The molecule has 1 saturated heterocycles. The van der Waals surface area contributed by atoms with Crippen molar-refractivity contribution >= 4 is 21.6 Å². The van der Waals surface area contributed by atoms with Crippen LogP contribution in [0.4, 0.5) is 5.69 Å². The molecule has 106 valence electrons. The van der Waals surface area contributed by atoms with Crippen LogP contribution < -0.4 is 10.2 Å². The van der Waals surface area contributed by atoms with Crippen LogP contribution in [0.15, 0.2) is 22.7 Å². The standard InChI is InChI=1S/C16H25BrN2/c1-3-14-7-5-4-6-10-19(14)15-9-8-13(12-18-2)16(17)11-15/h8-9,11,14,18H,3-7,10,12H2,1-2H3. The number of halogens is 1. The molecule has 1 N–H and O–H groups in total. The third kappa shape index (κ3) is 3.73. The van der Waals surface area contributed by atoms with Crippen LogP contribution in [-0.2, 0) is 6.54 Å². The lowest BCUT2D eigenvalue weighted by Crippen LogP contribution is -2.34. The van der Waals surface area contributed by atoms with E-state index in [4.69, 9.17) is 0 Å². The molecule has 0 aromatic heterocycles. The van der Waals surface area contributed by atoms with Crippen molar-refractivity contribution in [3.8, 4) is 0 Å². The summed E-state index contributed by atoms with van der Waals surface area (Å²) in [5.41, 5.74) is 2.70. The van der Waals surface area contributed by atoms with Gasteiger partial charge >= 0.3 is 0 Å². The normalized spacial score (nSPS) is 20.4. The lowest BCUT2D eigenvalue weighted by atomic mass is 10.1. The zero-order valence-corrected chi connectivity index (χ0v) is 13.7. The molecular weight excluding hydrogens is 300 g/mol. The van der Waals surface area contributed by atoms with Gasteiger partial charge in [0.15, 0.2) is 0 Å². The summed E-state index contributed by atoms with van der Waals surface area (Å²) in [6, 6.07) is 7.53. The maximum atomic E-state index is 3.71. The fourth-order valence-corrected chi connectivity index (χ4v) is 3.50. The van der Waals surface area contributed by atoms with Crippen LogP contribution in [0.5, 0.6) is 0 Å². The first kappa shape index (κ1) is 14.9. The minimum absolute atomic E-state index is 0.713. The largest absolute Gasteiger partial charge is 0.369 e. The van der Waals surface area contributed by atoms with E-state index in [1.807, 2.05) is 7.05 Å². The Kier molecular flexibility index (Phi) is 5.71. The molecule has 1 aliphatic rings. The lowest BCUT2D eigenvalue weighted by Gasteiger charge is -2.32. The zero-order chi connectivity index (χ0) is 13.7. The fourth-order valence-electron chi connectivity index (χ4n) is 2.99. The Morgan fingerprint density at radius 1 is 1.32 bits per heavy atom. The van der Waals surface area contributed by atoms with E-state index in [-0.39, 0.29) is 0 Å². The lowest BCUT2D eigenvalue weighted by molar-refractivity contribution is 0.556. The Bertz CT molecular complexity index is 406.